The molecule has 1 rings (SSSR count). The summed E-state index contributed by atoms with van der Waals surface area (Å²) in [6, 6.07) is 0. The molecule has 1 saturated carbocycles. The van der Waals surface area contributed by atoms with Gasteiger partial charge in [0.15, 0.2) is 0 Å². The summed E-state index contributed by atoms with van der Waals surface area (Å²) in [7, 11) is 0. The molecule has 0 amide bonds. The third-order valence-corrected chi connectivity index (χ3v) is 1.67. The van der Waals surface area contributed by atoms with Crippen molar-refractivity contribution in [3.05, 3.63) is 0 Å². The maximum absolute atomic E-state index is 5.34. The van der Waals surface area contributed by atoms with Crippen molar-refractivity contribution in [1.29, 1.82) is 0 Å². The molecule has 0 bridgehead atoms. The molecule has 4 N–H and O–H groups in total. The monoisotopic (exact) mass is 172 g/mol. The Labute approximate surface area is 68.2 Å². The highest BCUT2D eigenvalue weighted by molar-refractivity contribution is 5.85. The first-order valence-electron chi connectivity index (χ1n) is 2.78. The highest BCUT2D eigenvalue weighted by atomic mass is 35.5. The molecule has 0 spiro atoms. The van der Waals surface area contributed by atoms with Crippen LogP contribution in [0.25, 0.3) is 0 Å². The third-order valence-electron chi connectivity index (χ3n) is 1.67. The van der Waals surface area contributed by atoms with Gasteiger partial charge in [-0.1, -0.05) is 0 Å². The molecule has 58 valence electrons. The molecule has 0 aliphatic heterocycles. The third kappa shape index (κ3) is 3.26. The number of hydrogen-bond donors (Lipinski definition) is 2. The van der Waals surface area contributed by atoms with Gasteiger partial charge in [0, 0.05) is 0 Å². The van der Waals surface area contributed by atoms with Gasteiger partial charge in [-0.2, -0.15) is 0 Å². The van der Waals surface area contributed by atoms with Gasteiger partial charge >= 0.3 is 0 Å². The van der Waals surface area contributed by atoms with Gasteiger partial charge in [-0.25, -0.2) is 0 Å². The van der Waals surface area contributed by atoms with E-state index in [1.165, 1.54) is 6.42 Å². The van der Waals surface area contributed by atoms with Gasteiger partial charge in [0.2, 0.25) is 0 Å². The molecular weight excluding hydrogens is 159 g/mol. The van der Waals surface area contributed by atoms with Gasteiger partial charge in [-0.15, -0.1) is 24.8 Å². The number of nitrogens with two attached hydrogens (primary N) is 2. The predicted octanol–water partition coefficient (Wildman–Crippen LogP) is 0.384. The summed E-state index contributed by atoms with van der Waals surface area (Å²) in [5, 5.41) is 0. The van der Waals surface area contributed by atoms with Gasteiger partial charge in [0.05, 0.1) is 0 Å². The fourth-order valence-electron chi connectivity index (χ4n) is 0.888. The zero-order valence-corrected chi connectivity index (χ0v) is 6.88. The van der Waals surface area contributed by atoms with Gasteiger partial charge < -0.3 is 11.5 Å². The molecule has 0 aromatic heterocycles. The Morgan fingerprint density at radius 2 is 1.33 bits per heavy atom. The quantitative estimate of drug-likeness (QED) is 0.634. The van der Waals surface area contributed by atoms with E-state index >= 15 is 0 Å². The van der Waals surface area contributed by atoms with E-state index in [0.29, 0.717) is 0 Å². The maximum atomic E-state index is 5.34. The fourth-order valence-corrected chi connectivity index (χ4v) is 0.888. The topological polar surface area (TPSA) is 52.0 Å². The number of halogens is 2. The van der Waals surface area contributed by atoms with Crippen LogP contribution < -0.4 is 11.5 Å². The summed E-state index contributed by atoms with van der Waals surface area (Å²) in [4.78, 5) is 0. The average Bonchev–Trinajstić information content (AvgIpc) is 2.43. The zero-order valence-electron chi connectivity index (χ0n) is 5.25. The Kier molecular flexibility index (Phi) is 7.18. The number of rotatable bonds is 2. The molecule has 0 aromatic rings. The molecular formula is C5H14Cl2N2. The lowest BCUT2D eigenvalue weighted by Crippen LogP contribution is -2.08. The van der Waals surface area contributed by atoms with E-state index in [-0.39, 0.29) is 24.8 Å². The molecule has 1 aliphatic rings. The minimum atomic E-state index is 0. The fraction of sp³-hybridized carbons (Fsp3) is 1.00. The first-order chi connectivity index (χ1) is 3.38. The van der Waals surface area contributed by atoms with Crippen LogP contribution in [0.3, 0.4) is 0 Å². The normalized spacial score (nSPS) is 30.0. The van der Waals surface area contributed by atoms with E-state index in [1.54, 1.807) is 0 Å². The highest BCUT2D eigenvalue weighted by Gasteiger charge is 2.33. The van der Waals surface area contributed by atoms with Gasteiger partial charge in [-0.3, -0.25) is 0 Å². The van der Waals surface area contributed by atoms with E-state index in [4.69, 9.17) is 11.5 Å². The van der Waals surface area contributed by atoms with Gasteiger partial charge in [-0.05, 0) is 31.3 Å². The van der Waals surface area contributed by atoms with Crippen LogP contribution in [0, 0.1) is 11.8 Å². The van der Waals surface area contributed by atoms with E-state index in [1.807, 2.05) is 0 Å². The Bertz CT molecular complexity index is 62.0. The van der Waals surface area contributed by atoms with E-state index in [0.717, 1.165) is 24.9 Å². The minimum absolute atomic E-state index is 0. The molecule has 9 heavy (non-hydrogen) atoms. The molecule has 2 nitrogen and oxygen atoms in total. The molecule has 4 heteroatoms. The van der Waals surface area contributed by atoms with Crippen LogP contribution in [0.5, 0.6) is 0 Å². The molecule has 0 aromatic carbocycles. The first kappa shape index (κ1) is 12.2. The molecule has 1 fully saturated rings. The zero-order chi connectivity index (χ0) is 5.28. The van der Waals surface area contributed by atoms with Gasteiger partial charge in [0.1, 0.15) is 0 Å². The molecule has 0 heterocycles. The minimum Gasteiger partial charge on any atom is -0.330 e. The molecule has 1 aliphatic carbocycles. The van der Waals surface area contributed by atoms with Crippen LogP contribution in [0.15, 0.2) is 0 Å². The first-order valence-corrected chi connectivity index (χ1v) is 2.78. The van der Waals surface area contributed by atoms with Gasteiger partial charge in [0.25, 0.3) is 0 Å². The Morgan fingerprint density at radius 3 is 1.44 bits per heavy atom. The molecule has 0 unspecified atom stereocenters. The predicted molar refractivity (Wildman–Crippen MR) is 44.2 cm³/mol. The van der Waals surface area contributed by atoms with Crippen LogP contribution in [0.2, 0.25) is 0 Å². The SMILES string of the molecule is Cl.Cl.NC[C@H]1C[C@@H]1CN. The lowest BCUT2D eigenvalue weighted by molar-refractivity contribution is 0.715. The summed E-state index contributed by atoms with van der Waals surface area (Å²) in [6.07, 6.45) is 1.27. The summed E-state index contributed by atoms with van der Waals surface area (Å²) in [6.45, 7) is 1.67. The van der Waals surface area contributed by atoms with Crippen molar-refractivity contribution in [2.24, 2.45) is 23.3 Å². The molecule has 0 radical (unpaired) electrons. The van der Waals surface area contributed by atoms with Crippen molar-refractivity contribution >= 4 is 24.8 Å². The van der Waals surface area contributed by atoms with Crippen LogP contribution in [0.4, 0.5) is 0 Å². The van der Waals surface area contributed by atoms with E-state index in [9.17, 15) is 0 Å². The van der Waals surface area contributed by atoms with Crippen molar-refractivity contribution in [3.63, 3.8) is 0 Å². The van der Waals surface area contributed by atoms with Crippen LogP contribution in [-0.2, 0) is 0 Å². The Morgan fingerprint density at radius 1 is 1.00 bits per heavy atom. The van der Waals surface area contributed by atoms with Crippen molar-refractivity contribution < 1.29 is 0 Å². The van der Waals surface area contributed by atoms with Crippen LogP contribution in [0.1, 0.15) is 6.42 Å². The van der Waals surface area contributed by atoms with Crippen LogP contribution >= 0.6 is 24.8 Å². The van der Waals surface area contributed by atoms with Crippen molar-refractivity contribution in [2.45, 2.75) is 6.42 Å². The largest absolute Gasteiger partial charge is 0.330 e. The standard InChI is InChI=1S/C5H12N2.2ClH/c6-2-4-1-5(4)3-7;;/h4-5H,1-3,6-7H2;2*1H/t4-,5-;;/m1../s1. The van der Waals surface area contributed by atoms with Crippen molar-refractivity contribution in [2.75, 3.05) is 13.1 Å². The molecule has 0 saturated heterocycles. The maximum Gasteiger partial charge on any atom is -0.00456 e. The average molecular weight is 173 g/mol. The van der Waals surface area contributed by atoms with Crippen molar-refractivity contribution in [1.82, 2.24) is 0 Å². The second-order valence-corrected chi connectivity index (χ2v) is 2.23. The van der Waals surface area contributed by atoms with E-state index < -0.39 is 0 Å². The Hall–Kier alpha value is 0.500. The summed E-state index contributed by atoms with van der Waals surface area (Å²) in [5.74, 6) is 1.54. The second kappa shape index (κ2) is 5.30. The summed E-state index contributed by atoms with van der Waals surface area (Å²) in [5.41, 5.74) is 10.7. The Balaban J connectivity index is 0. The number of hydrogen-bond acceptors (Lipinski definition) is 2. The van der Waals surface area contributed by atoms with E-state index in [2.05, 4.69) is 0 Å². The lowest BCUT2D eigenvalue weighted by atomic mass is 10.3. The van der Waals surface area contributed by atoms with Crippen molar-refractivity contribution in [3.8, 4) is 0 Å². The lowest BCUT2D eigenvalue weighted by Gasteiger charge is -1.86. The molecule has 2 atom stereocenters. The highest BCUT2D eigenvalue weighted by Crippen LogP contribution is 2.35. The summed E-state index contributed by atoms with van der Waals surface area (Å²) < 4.78 is 0. The van der Waals surface area contributed by atoms with Crippen LogP contribution in [-0.4, -0.2) is 13.1 Å². The second-order valence-electron chi connectivity index (χ2n) is 2.23. The summed E-state index contributed by atoms with van der Waals surface area (Å²) >= 11 is 0. The smallest absolute Gasteiger partial charge is 0.00456 e.